The number of rotatable bonds is 6. The second kappa shape index (κ2) is 8.43. The van der Waals surface area contributed by atoms with Gasteiger partial charge in [-0.2, -0.15) is 0 Å². The van der Waals surface area contributed by atoms with Crippen molar-refractivity contribution in [2.75, 3.05) is 12.4 Å². The largest absolute Gasteiger partial charge is 0.493 e. The maximum absolute atomic E-state index is 12.8. The highest BCUT2D eigenvalue weighted by Crippen LogP contribution is 2.35. The minimum Gasteiger partial charge on any atom is -0.493 e. The number of ether oxygens (including phenoxy) is 1. The zero-order chi connectivity index (χ0) is 20.4. The molecule has 29 heavy (non-hydrogen) atoms. The zero-order valence-corrected chi connectivity index (χ0v) is 18.2. The molecule has 0 aliphatic carbocycles. The Hall–Kier alpha value is -2.57. The fraction of sp³-hybridized carbons (Fsp3) is 0.217. The Bertz CT molecular complexity index is 1190. The Morgan fingerprint density at radius 3 is 2.52 bits per heavy atom. The second-order valence-electron chi connectivity index (χ2n) is 6.97. The van der Waals surface area contributed by atoms with Gasteiger partial charge in [0.15, 0.2) is 5.16 Å². The van der Waals surface area contributed by atoms with Crippen molar-refractivity contribution >= 4 is 33.3 Å². The van der Waals surface area contributed by atoms with Crippen LogP contribution in [0.5, 0.6) is 5.75 Å². The van der Waals surface area contributed by atoms with Crippen LogP contribution >= 0.6 is 23.1 Å². The van der Waals surface area contributed by atoms with Gasteiger partial charge in [0, 0.05) is 16.2 Å². The van der Waals surface area contributed by atoms with E-state index in [2.05, 4.69) is 29.9 Å². The lowest BCUT2D eigenvalue weighted by molar-refractivity contribution is 0.343. The normalized spacial score (nSPS) is 11.1. The van der Waals surface area contributed by atoms with Crippen LogP contribution in [0.3, 0.4) is 0 Å². The van der Waals surface area contributed by atoms with Crippen molar-refractivity contribution in [3.05, 3.63) is 74.9 Å². The zero-order valence-electron chi connectivity index (χ0n) is 16.6. The maximum Gasteiger partial charge on any atom is 0.260 e. The SMILES string of the molecule is Cc1cc(C)cc(OCCSc2nc3sc(C)c(-c4ccccc4)c3c(=O)[nH]2)c1. The molecule has 0 saturated heterocycles. The first-order valence-corrected chi connectivity index (χ1v) is 11.2. The summed E-state index contributed by atoms with van der Waals surface area (Å²) in [5.74, 6) is 1.58. The fourth-order valence-corrected chi connectivity index (χ4v) is 5.22. The third kappa shape index (κ3) is 4.38. The van der Waals surface area contributed by atoms with E-state index < -0.39 is 0 Å². The first kappa shape index (κ1) is 19.7. The van der Waals surface area contributed by atoms with Crippen molar-refractivity contribution in [1.82, 2.24) is 9.97 Å². The summed E-state index contributed by atoms with van der Waals surface area (Å²) in [6.45, 7) is 6.71. The molecule has 1 N–H and O–H groups in total. The molecular weight excluding hydrogens is 400 g/mol. The van der Waals surface area contributed by atoms with E-state index in [0.717, 1.165) is 26.6 Å². The molecule has 0 fully saturated rings. The quantitative estimate of drug-likeness (QED) is 0.244. The summed E-state index contributed by atoms with van der Waals surface area (Å²) < 4.78 is 5.85. The van der Waals surface area contributed by atoms with Gasteiger partial charge in [0.25, 0.3) is 5.56 Å². The molecule has 2 heterocycles. The van der Waals surface area contributed by atoms with Crippen LogP contribution in [0.4, 0.5) is 0 Å². The van der Waals surface area contributed by atoms with Gasteiger partial charge in [-0.25, -0.2) is 4.98 Å². The summed E-state index contributed by atoms with van der Waals surface area (Å²) in [5, 5.41) is 1.31. The van der Waals surface area contributed by atoms with Crippen LogP contribution in [-0.4, -0.2) is 22.3 Å². The number of nitrogens with zero attached hydrogens (tertiary/aromatic N) is 1. The number of benzene rings is 2. The van der Waals surface area contributed by atoms with Gasteiger partial charge in [0.2, 0.25) is 0 Å². The molecule has 2 aromatic heterocycles. The molecule has 0 aliphatic heterocycles. The van der Waals surface area contributed by atoms with Gasteiger partial charge >= 0.3 is 0 Å². The lowest BCUT2D eigenvalue weighted by Crippen LogP contribution is -2.09. The van der Waals surface area contributed by atoms with Crippen molar-refractivity contribution in [1.29, 1.82) is 0 Å². The van der Waals surface area contributed by atoms with Crippen molar-refractivity contribution in [2.45, 2.75) is 25.9 Å². The third-order valence-electron chi connectivity index (χ3n) is 4.56. The van der Waals surface area contributed by atoms with Gasteiger partial charge in [-0.15, -0.1) is 11.3 Å². The molecule has 4 rings (SSSR count). The lowest BCUT2D eigenvalue weighted by atomic mass is 10.0. The van der Waals surface area contributed by atoms with E-state index in [4.69, 9.17) is 4.74 Å². The Kier molecular flexibility index (Phi) is 5.74. The van der Waals surface area contributed by atoms with Crippen LogP contribution in [0.15, 0.2) is 58.5 Å². The van der Waals surface area contributed by atoms with Gasteiger partial charge in [-0.3, -0.25) is 4.79 Å². The Balaban J connectivity index is 1.50. The highest BCUT2D eigenvalue weighted by atomic mass is 32.2. The van der Waals surface area contributed by atoms with Crippen molar-refractivity contribution in [3.8, 4) is 16.9 Å². The number of hydrogen-bond acceptors (Lipinski definition) is 5. The summed E-state index contributed by atoms with van der Waals surface area (Å²) in [6.07, 6.45) is 0. The summed E-state index contributed by atoms with van der Waals surface area (Å²) in [7, 11) is 0. The Morgan fingerprint density at radius 1 is 1.07 bits per heavy atom. The van der Waals surface area contributed by atoms with Crippen molar-refractivity contribution < 1.29 is 4.74 Å². The highest BCUT2D eigenvalue weighted by Gasteiger charge is 2.16. The van der Waals surface area contributed by atoms with Gasteiger partial charge in [0.1, 0.15) is 10.6 Å². The van der Waals surface area contributed by atoms with Crippen molar-refractivity contribution in [3.63, 3.8) is 0 Å². The molecule has 0 aliphatic rings. The first-order chi connectivity index (χ1) is 14.0. The van der Waals surface area contributed by atoms with E-state index >= 15 is 0 Å². The van der Waals surface area contributed by atoms with E-state index in [1.165, 1.54) is 22.9 Å². The standard InChI is InChI=1S/C23H22N2O2S2/c1-14-11-15(2)13-18(12-14)27-9-10-28-23-24-21(26)20-19(16(3)29-22(20)25-23)17-7-5-4-6-8-17/h4-8,11-13H,9-10H2,1-3H3,(H,24,25,26). The fourth-order valence-electron chi connectivity index (χ4n) is 3.43. The average molecular weight is 423 g/mol. The van der Waals surface area contributed by atoms with Crippen LogP contribution in [0.25, 0.3) is 21.3 Å². The number of hydrogen-bond donors (Lipinski definition) is 1. The molecule has 0 amide bonds. The van der Waals surface area contributed by atoms with E-state index in [-0.39, 0.29) is 5.56 Å². The van der Waals surface area contributed by atoms with Gasteiger partial charge in [0.05, 0.1) is 12.0 Å². The minimum atomic E-state index is -0.0871. The molecule has 148 valence electrons. The molecule has 6 heteroatoms. The van der Waals surface area contributed by atoms with E-state index in [0.29, 0.717) is 22.9 Å². The molecule has 0 bridgehead atoms. The molecule has 4 aromatic rings. The molecular formula is C23H22N2O2S2. The molecule has 4 nitrogen and oxygen atoms in total. The molecule has 0 saturated carbocycles. The summed E-state index contributed by atoms with van der Waals surface area (Å²) in [6, 6.07) is 16.2. The van der Waals surface area contributed by atoms with E-state index in [9.17, 15) is 4.79 Å². The van der Waals surface area contributed by atoms with E-state index in [1.54, 1.807) is 11.3 Å². The number of aryl methyl sites for hydroxylation is 3. The van der Waals surface area contributed by atoms with Crippen LogP contribution in [0.1, 0.15) is 16.0 Å². The van der Waals surface area contributed by atoms with Crippen molar-refractivity contribution in [2.24, 2.45) is 0 Å². The third-order valence-corrected chi connectivity index (χ3v) is 6.40. The van der Waals surface area contributed by atoms with Crippen LogP contribution in [0.2, 0.25) is 0 Å². The number of thiophene rings is 1. The molecule has 0 atom stereocenters. The monoisotopic (exact) mass is 422 g/mol. The van der Waals surface area contributed by atoms with Crippen LogP contribution in [0, 0.1) is 20.8 Å². The van der Waals surface area contributed by atoms with Gasteiger partial charge in [-0.1, -0.05) is 48.2 Å². The summed E-state index contributed by atoms with van der Waals surface area (Å²) in [5.41, 5.74) is 4.31. The number of aromatic nitrogens is 2. The topological polar surface area (TPSA) is 55.0 Å². The lowest BCUT2D eigenvalue weighted by Gasteiger charge is -2.08. The number of thioether (sulfide) groups is 1. The predicted octanol–water partition coefficient (Wildman–Crippen LogP) is 5.75. The Morgan fingerprint density at radius 2 is 1.79 bits per heavy atom. The molecule has 0 spiro atoms. The number of H-pyrrole nitrogens is 1. The summed E-state index contributed by atoms with van der Waals surface area (Å²) >= 11 is 3.07. The van der Waals surface area contributed by atoms with Gasteiger partial charge < -0.3 is 9.72 Å². The highest BCUT2D eigenvalue weighted by molar-refractivity contribution is 7.99. The number of nitrogens with one attached hydrogen (secondary N) is 1. The van der Waals surface area contributed by atoms with Crippen LogP contribution in [-0.2, 0) is 0 Å². The maximum atomic E-state index is 12.8. The molecule has 2 aromatic carbocycles. The molecule has 0 unspecified atom stereocenters. The first-order valence-electron chi connectivity index (χ1n) is 9.44. The average Bonchev–Trinajstić information content (AvgIpc) is 3.01. The number of aromatic amines is 1. The smallest absolute Gasteiger partial charge is 0.260 e. The number of fused-ring (bicyclic) bond motifs is 1. The predicted molar refractivity (Wildman–Crippen MR) is 123 cm³/mol. The molecule has 0 radical (unpaired) electrons. The minimum absolute atomic E-state index is 0.0871. The Labute approximate surface area is 178 Å². The summed E-state index contributed by atoms with van der Waals surface area (Å²) in [4.78, 5) is 22.3. The second-order valence-corrected chi connectivity index (χ2v) is 9.26. The van der Waals surface area contributed by atoms with Gasteiger partial charge in [-0.05, 0) is 49.6 Å². The van der Waals surface area contributed by atoms with E-state index in [1.807, 2.05) is 49.4 Å². The van der Waals surface area contributed by atoms with Crippen LogP contribution < -0.4 is 10.3 Å².